The topological polar surface area (TPSA) is 58.0 Å². The van der Waals surface area contributed by atoms with Crippen LogP contribution in [0.25, 0.3) is 0 Å². The number of hydrogen-bond donors (Lipinski definition) is 1. The molecule has 0 aromatic carbocycles. The molecular formula is C18H29N3O3. The van der Waals surface area contributed by atoms with Crippen LogP contribution >= 0.6 is 0 Å². The first kappa shape index (κ1) is 17.3. The lowest BCUT2D eigenvalue weighted by Crippen LogP contribution is -2.53. The number of amides is 2. The number of nitrogens with one attached hydrogen (secondary N) is 1. The van der Waals surface area contributed by atoms with Gasteiger partial charge < -0.3 is 19.4 Å². The minimum Gasteiger partial charge on any atom is -0.467 e. The van der Waals surface area contributed by atoms with Crippen LogP contribution in [0.3, 0.4) is 0 Å². The van der Waals surface area contributed by atoms with Crippen molar-refractivity contribution in [2.45, 2.75) is 57.8 Å². The Hall–Kier alpha value is -1.53. The predicted octanol–water partition coefficient (Wildman–Crippen LogP) is 2.62. The van der Waals surface area contributed by atoms with E-state index in [1.54, 1.807) is 6.26 Å². The third-order valence-electron chi connectivity index (χ3n) is 5.08. The first-order valence-corrected chi connectivity index (χ1v) is 9.01. The van der Waals surface area contributed by atoms with E-state index in [9.17, 15) is 4.79 Å². The Bertz CT molecular complexity index is 530. The molecule has 1 saturated heterocycles. The highest BCUT2D eigenvalue weighted by molar-refractivity contribution is 5.75. The Kier molecular flexibility index (Phi) is 5.46. The predicted molar refractivity (Wildman–Crippen MR) is 91.8 cm³/mol. The molecule has 1 aliphatic heterocycles. The van der Waals surface area contributed by atoms with Gasteiger partial charge in [-0.3, -0.25) is 4.90 Å². The molecule has 0 bridgehead atoms. The molecule has 24 heavy (non-hydrogen) atoms. The summed E-state index contributed by atoms with van der Waals surface area (Å²) in [6.45, 7) is 9.48. The highest BCUT2D eigenvalue weighted by Crippen LogP contribution is 2.34. The summed E-state index contributed by atoms with van der Waals surface area (Å²) in [5.41, 5.74) is 0. The van der Waals surface area contributed by atoms with Crippen molar-refractivity contribution in [2.24, 2.45) is 0 Å². The number of carbonyl (C=O) groups excluding carboxylic acids is 1. The summed E-state index contributed by atoms with van der Waals surface area (Å²) in [6.07, 6.45) is 3.82. The molecule has 2 fully saturated rings. The van der Waals surface area contributed by atoms with Crippen molar-refractivity contribution in [2.75, 3.05) is 26.3 Å². The molecule has 3 atom stereocenters. The van der Waals surface area contributed by atoms with Crippen molar-refractivity contribution in [3.05, 3.63) is 24.2 Å². The number of furan rings is 1. The van der Waals surface area contributed by atoms with Crippen LogP contribution in [0.5, 0.6) is 0 Å². The third kappa shape index (κ3) is 3.92. The standard InChI is InChI=1S/C18H29N3O3/c1-13(20-8-10-23-12-14(20)2)11-19-18(22)21(16-6-7-16)15(3)17-5-4-9-24-17/h4-5,9,13-16H,6-8,10-12H2,1-3H3,(H,19,22)/t13-,14+,15+/m1/s1. The average molecular weight is 335 g/mol. The molecule has 0 unspecified atom stereocenters. The van der Waals surface area contributed by atoms with Gasteiger partial charge in [0.2, 0.25) is 0 Å². The Morgan fingerprint density at radius 3 is 2.88 bits per heavy atom. The van der Waals surface area contributed by atoms with Gasteiger partial charge in [0, 0.05) is 31.2 Å². The van der Waals surface area contributed by atoms with E-state index in [0.717, 1.165) is 38.4 Å². The number of nitrogens with zero attached hydrogens (tertiary/aromatic N) is 2. The smallest absolute Gasteiger partial charge is 0.318 e. The third-order valence-corrected chi connectivity index (χ3v) is 5.08. The summed E-state index contributed by atoms with van der Waals surface area (Å²) in [5.74, 6) is 0.840. The van der Waals surface area contributed by atoms with Crippen molar-refractivity contribution >= 4 is 6.03 Å². The van der Waals surface area contributed by atoms with Gasteiger partial charge in [0.05, 0.1) is 25.5 Å². The lowest BCUT2D eigenvalue weighted by atomic mass is 10.2. The van der Waals surface area contributed by atoms with Gasteiger partial charge in [-0.05, 0) is 45.7 Å². The number of morpholine rings is 1. The number of hydrogen-bond acceptors (Lipinski definition) is 4. The van der Waals surface area contributed by atoms with E-state index >= 15 is 0 Å². The monoisotopic (exact) mass is 335 g/mol. The van der Waals surface area contributed by atoms with Gasteiger partial charge in [-0.1, -0.05) is 0 Å². The number of rotatable bonds is 6. The maximum Gasteiger partial charge on any atom is 0.318 e. The van der Waals surface area contributed by atoms with Crippen molar-refractivity contribution in [1.82, 2.24) is 15.1 Å². The molecule has 1 aliphatic carbocycles. The summed E-state index contributed by atoms with van der Waals surface area (Å²) in [6, 6.07) is 4.81. The second-order valence-corrected chi connectivity index (χ2v) is 7.03. The van der Waals surface area contributed by atoms with Crippen LogP contribution in [-0.4, -0.2) is 60.3 Å². The van der Waals surface area contributed by atoms with E-state index in [4.69, 9.17) is 9.15 Å². The maximum absolute atomic E-state index is 12.8. The minimum absolute atomic E-state index is 0.00848. The molecule has 1 aromatic heterocycles. The van der Waals surface area contributed by atoms with Gasteiger partial charge >= 0.3 is 6.03 Å². The van der Waals surface area contributed by atoms with Gasteiger partial charge in [0.15, 0.2) is 0 Å². The second-order valence-electron chi connectivity index (χ2n) is 7.03. The van der Waals surface area contributed by atoms with Crippen LogP contribution in [0.4, 0.5) is 4.79 Å². The molecule has 2 heterocycles. The summed E-state index contributed by atoms with van der Waals surface area (Å²) in [7, 11) is 0. The van der Waals surface area contributed by atoms with Crippen molar-refractivity contribution in [1.29, 1.82) is 0 Å². The van der Waals surface area contributed by atoms with Gasteiger partial charge in [-0.2, -0.15) is 0 Å². The maximum atomic E-state index is 12.8. The Morgan fingerprint density at radius 2 is 2.25 bits per heavy atom. The highest BCUT2D eigenvalue weighted by Gasteiger charge is 2.37. The van der Waals surface area contributed by atoms with Crippen LogP contribution < -0.4 is 5.32 Å². The zero-order chi connectivity index (χ0) is 17.1. The molecule has 1 N–H and O–H groups in total. The van der Waals surface area contributed by atoms with Gasteiger partial charge in [-0.25, -0.2) is 4.79 Å². The van der Waals surface area contributed by atoms with Gasteiger partial charge in [0.25, 0.3) is 0 Å². The quantitative estimate of drug-likeness (QED) is 0.868. The molecule has 0 spiro atoms. The first-order chi connectivity index (χ1) is 11.6. The van der Waals surface area contributed by atoms with E-state index < -0.39 is 0 Å². The lowest BCUT2D eigenvalue weighted by molar-refractivity contribution is -0.0178. The molecule has 2 aliphatic rings. The van der Waals surface area contributed by atoms with Crippen LogP contribution in [0.15, 0.2) is 22.8 Å². The lowest BCUT2D eigenvalue weighted by Gasteiger charge is -2.38. The van der Waals surface area contributed by atoms with Gasteiger partial charge in [0.1, 0.15) is 5.76 Å². The second kappa shape index (κ2) is 7.57. The Labute approximate surface area is 144 Å². The zero-order valence-electron chi connectivity index (χ0n) is 14.9. The zero-order valence-corrected chi connectivity index (χ0v) is 14.9. The van der Waals surface area contributed by atoms with Crippen molar-refractivity contribution < 1.29 is 13.9 Å². The summed E-state index contributed by atoms with van der Waals surface area (Å²) in [4.78, 5) is 17.1. The molecule has 1 aromatic rings. The summed E-state index contributed by atoms with van der Waals surface area (Å²) in [5, 5.41) is 3.13. The van der Waals surface area contributed by atoms with Crippen LogP contribution in [0.2, 0.25) is 0 Å². The first-order valence-electron chi connectivity index (χ1n) is 9.01. The normalized spacial score (nSPS) is 24.4. The fourth-order valence-electron chi connectivity index (χ4n) is 3.52. The molecule has 3 rings (SSSR count). The Balaban J connectivity index is 1.56. The summed E-state index contributed by atoms with van der Waals surface area (Å²) < 4.78 is 11.0. The van der Waals surface area contributed by atoms with E-state index in [1.165, 1.54) is 0 Å². The molecule has 6 nitrogen and oxygen atoms in total. The minimum atomic E-state index is -0.0369. The number of carbonyl (C=O) groups is 1. The average Bonchev–Trinajstić information content (AvgIpc) is 3.24. The van der Waals surface area contributed by atoms with E-state index in [1.807, 2.05) is 24.0 Å². The number of urea groups is 1. The molecule has 1 saturated carbocycles. The highest BCUT2D eigenvalue weighted by atomic mass is 16.5. The van der Waals surface area contributed by atoms with Crippen LogP contribution in [0, 0.1) is 0 Å². The van der Waals surface area contributed by atoms with Crippen LogP contribution in [0.1, 0.15) is 45.4 Å². The van der Waals surface area contributed by atoms with Crippen molar-refractivity contribution in [3.63, 3.8) is 0 Å². The molecule has 134 valence electrons. The fourth-order valence-corrected chi connectivity index (χ4v) is 3.52. The van der Waals surface area contributed by atoms with Gasteiger partial charge in [-0.15, -0.1) is 0 Å². The van der Waals surface area contributed by atoms with Crippen LogP contribution in [-0.2, 0) is 4.74 Å². The Morgan fingerprint density at radius 1 is 1.46 bits per heavy atom. The summed E-state index contributed by atoms with van der Waals surface area (Å²) >= 11 is 0. The molecule has 6 heteroatoms. The molecule has 0 radical (unpaired) electrons. The SMILES string of the molecule is C[C@H](CNC(=O)N(C1CC1)[C@@H](C)c1ccco1)N1CCOC[C@@H]1C. The molecular weight excluding hydrogens is 306 g/mol. The fraction of sp³-hybridized carbons (Fsp3) is 0.722. The largest absolute Gasteiger partial charge is 0.467 e. The molecule has 2 amide bonds. The van der Waals surface area contributed by atoms with E-state index in [0.29, 0.717) is 24.7 Å². The van der Waals surface area contributed by atoms with E-state index in [-0.39, 0.29) is 12.1 Å². The van der Waals surface area contributed by atoms with Crippen molar-refractivity contribution in [3.8, 4) is 0 Å². The number of ether oxygens (including phenoxy) is 1. The van der Waals surface area contributed by atoms with E-state index in [2.05, 4.69) is 24.1 Å².